The number of benzene rings is 1. The van der Waals surface area contributed by atoms with Crippen LogP contribution in [0.15, 0.2) is 29.4 Å². The van der Waals surface area contributed by atoms with Crippen molar-refractivity contribution in [3.8, 4) is 0 Å². The van der Waals surface area contributed by atoms with Crippen LogP contribution in [-0.2, 0) is 19.9 Å². The highest BCUT2D eigenvalue weighted by molar-refractivity contribution is 6.01. The molecule has 27 heavy (non-hydrogen) atoms. The molecule has 2 fully saturated rings. The lowest BCUT2D eigenvalue weighted by molar-refractivity contribution is -0.108. The number of anilines is 1. The standard InChI is InChI=1S/C19H22N4O4/c1-26-21-18(20-13-25)19(4-5-19)23-16(12-24)11-14-10-15(2-3-17(14)23)22-6-8-27-9-7-22/h2-3,10-13H,4-9H2,1H3,(H,20,21,25). The molecule has 1 N–H and O–H groups in total. The lowest BCUT2D eigenvalue weighted by atomic mass is 10.2. The van der Waals surface area contributed by atoms with Gasteiger partial charge in [0.15, 0.2) is 12.1 Å². The Hall–Kier alpha value is -2.87. The molecule has 4 rings (SSSR count). The van der Waals surface area contributed by atoms with Crippen molar-refractivity contribution in [1.82, 2.24) is 9.88 Å². The van der Waals surface area contributed by atoms with Crippen LogP contribution in [-0.4, -0.2) is 56.5 Å². The van der Waals surface area contributed by atoms with E-state index < -0.39 is 5.54 Å². The number of fused-ring (bicyclic) bond motifs is 1. The number of nitrogens with one attached hydrogen (secondary N) is 1. The third-order valence-corrected chi connectivity index (χ3v) is 5.28. The number of nitrogens with zero attached hydrogens (tertiary/aromatic N) is 3. The second-order valence-electron chi connectivity index (χ2n) is 6.78. The highest BCUT2D eigenvalue weighted by Crippen LogP contribution is 2.47. The zero-order valence-corrected chi connectivity index (χ0v) is 15.2. The average Bonchev–Trinajstić information content (AvgIpc) is 3.42. The van der Waals surface area contributed by atoms with Gasteiger partial charge in [-0.2, -0.15) is 0 Å². The molecule has 0 atom stereocenters. The highest BCUT2D eigenvalue weighted by atomic mass is 16.6. The number of aromatic nitrogens is 1. The van der Waals surface area contributed by atoms with Gasteiger partial charge in [0, 0.05) is 29.7 Å². The number of oxime groups is 1. The van der Waals surface area contributed by atoms with Crippen LogP contribution in [0.25, 0.3) is 10.9 Å². The number of rotatable bonds is 6. The van der Waals surface area contributed by atoms with E-state index in [1.165, 1.54) is 7.11 Å². The summed E-state index contributed by atoms with van der Waals surface area (Å²) in [7, 11) is 1.44. The minimum Gasteiger partial charge on any atom is -0.398 e. The SMILES string of the molecule is CO/N=C(\NC=O)C1(n2c(C=O)cc3cc(N4CCOCC4)ccc32)CC1. The number of ether oxygens (including phenoxy) is 1. The molecule has 1 aliphatic carbocycles. The summed E-state index contributed by atoms with van der Waals surface area (Å²) in [4.78, 5) is 30.0. The fourth-order valence-electron chi connectivity index (χ4n) is 3.88. The lowest BCUT2D eigenvalue weighted by Gasteiger charge is -2.29. The zero-order valence-electron chi connectivity index (χ0n) is 15.2. The van der Waals surface area contributed by atoms with Gasteiger partial charge in [0.1, 0.15) is 12.6 Å². The van der Waals surface area contributed by atoms with E-state index in [2.05, 4.69) is 27.5 Å². The van der Waals surface area contributed by atoms with Crippen LogP contribution >= 0.6 is 0 Å². The first-order valence-electron chi connectivity index (χ1n) is 8.99. The van der Waals surface area contributed by atoms with E-state index in [0.29, 0.717) is 17.9 Å². The van der Waals surface area contributed by atoms with E-state index in [1.807, 2.05) is 16.7 Å². The number of carbonyl (C=O) groups excluding carboxylic acids is 2. The summed E-state index contributed by atoms with van der Waals surface area (Å²) < 4.78 is 7.39. The Balaban J connectivity index is 1.79. The van der Waals surface area contributed by atoms with Gasteiger partial charge < -0.3 is 24.4 Å². The van der Waals surface area contributed by atoms with Crippen molar-refractivity contribution in [1.29, 1.82) is 0 Å². The molecule has 142 valence electrons. The van der Waals surface area contributed by atoms with Gasteiger partial charge in [-0.05, 0) is 37.1 Å². The van der Waals surface area contributed by atoms with Gasteiger partial charge in [-0.15, -0.1) is 0 Å². The molecular formula is C19H22N4O4. The minimum atomic E-state index is -0.560. The third kappa shape index (κ3) is 2.95. The van der Waals surface area contributed by atoms with Crippen LogP contribution in [0.4, 0.5) is 5.69 Å². The number of morpholine rings is 1. The first-order chi connectivity index (χ1) is 13.2. The smallest absolute Gasteiger partial charge is 0.212 e. The Labute approximate surface area is 156 Å². The number of carbonyl (C=O) groups is 2. The number of hydrogen-bond acceptors (Lipinski definition) is 6. The molecule has 1 aromatic carbocycles. The molecule has 8 nitrogen and oxygen atoms in total. The number of hydrogen-bond donors (Lipinski definition) is 1. The van der Waals surface area contributed by atoms with Crippen LogP contribution in [0.5, 0.6) is 0 Å². The summed E-state index contributed by atoms with van der Waals surface area (Å²) in [6.45, 7) is 3.14. The van der Waals surface area contributed by atoms with Crippen LogP contribution in [0.2, 0.25) is 0 Å². The van der Waals surface area contributed by atoms with Crippen molar-refractivity contribution >= 4 is 35.1 Å². The van der Waals surface area contributed by atoms with Crippen LogP contribution in [0, 0.1) is 0 Å². The van der Waals surface area contributed by atoms with Crippen molar-refractivity contribution in [2.75, 3.05) is 38.3 Å². The molecule has 1 saturated heterocycles. The molecule has 0 spiro atoms. The molecule has 8 heteroatoms. The van der Waals surface area contributed by atoms with Gasteiger partial charge >= 0.3 is 0 Å². The van der Waals surface area contributed by atoms with Gasteiger partial charge in [0.2, 0.25) is 6.41 Å². The van der Waals surface area contributed by atoms with E-state index in [-0.39, 0.29) is 0 Å². The lowest BCUT2D eigenvalue weighted by Crippen LogP contribution is -2.39. The van der Waals surface area contributed by atoms with Crippen molar-refractivity contribution in [2.24, 2.45) is 5.16 Å². The van der Waals surface area contributed by atoms with Crippen molar-refractivity contribution < 1.29 is 19.2 Å². The molecule has 0 unspecified atom stereocenters. The quantitative estimate of drug-likeness (QED) is 0.360. The predicted octanol–water partition coefficient (Wildman–Crippen LogP) is 1.49. The molecule has 1 aliphatic heterocycles. The van der Waals surface area contributed by atoms with Gasteiger partial charge in [0.05, 0.1) is 18.9 Å². The Bertz CT molecular complexity index is 894. The van der Waals surface area contributed by atoms with E-state index in [1.54, 1.807) is 0 Å². The summed E-state index contributed by atoms with van der Waals surface area (Å²) in [5.41, 5.74) is 2.04. The monoisotopic (exact) mass is 370 g/mol. The fourth-order valence-corrected chi connectivity index (χ4v) is 3.88. The van der Waals surface area contributed by atoms with E-state index in [9.17, 15) is 9.59 Å². The normalized spacial score (nSPS) is 19.0. The van der Waals surface area contributed by atoms with E-state index in [0.717, 1.165) is 62.0 Å². The first kappa shape index (κ1) is 17.5. The topological polar surface area (TPSA) is 85.2 Å². The molecule has 1 amide bonds. The van der Waals surface area contributed by atoms with Crippen molar-refractivity contribution in [2.45, 2.75) is 18.4 Å². The van der Waals surface area contributed by atoms with Crippen LogP contribution in [0.1, 0.15) is 23.3 Å². The predicted molar refractivity (Wildman–Crippen MR) is 101 cm³/mol. The molecule has 1 aromatic heterocycles. The maximum Gasteiger partial charge on any atom is 0.212 e. The van der Waals surface area contributed by atoms with Gasteiger partial charge in [-0.1, -0.05) is 5.16 Å². The minimum absolute atomic E-state index is 0.415. The Morgan fingerprint density at radius 1 is 1.26 bits per heavy atom. The maximum atomic E-state index is 11.8. The van der Waals surface area contributed by atoms with Crippen molar-refractivity contribution in [3.05, 3.63) is 30.0 Å². The molecule has 2 aliphatic rings. The molecule has 1 saturated carbocycles. The Kier molecular flexibility index (Phi) is 4.57. The summed E-state index contributed by atoms with van der Waals surface area (Å²) in [5, 5.41) is 7.61. The molecule has 2 aromatic rings. The van der Waals surface area contributed by atoms with Crippen molar-refractivity contribution in [3.63, 3.8) is 0 Å². The summed E-state index contributed by atoms with van der Waals surface area (Å²) in [6, 6.07) is 8.08. The summed E-state index contributed by atoms with van der Waals surface area (Å²) >= 11 is 0. The first-order valence-corrected chi connectivity index (χ1v) is 8.99. The molecular weight excluding hydrogens is 348 g/mol. The molecule has 0 bridgehead atoms. The van der Waals surface area contributed by atoms with Gasteiger partial charge in [-0.25, -0.2) is 0 Å². The molecule has 0 radical (unpaired) electrons. The van der Waals surface area contributed by atoms with E-state index in [4.69, 9.17) is 9.57 Å². The van der Waals surface area contributed by atoms with Crippen LogP contribution in [0.3, 0.4) is 0 Å². The Morgan fingerprint density at radius 2 is 2.04 bits per heavy atom. The van der Waals surface area contributed by atoms with Gasteiger partial charge in [0.25, 0.3) is 0 Å². The number of amides is 1. The fraction of sp³-hybridized carbons (Fsp3) is 0.421. The Morgan fingerprint density at radius 3 is 2.67 bits per heavy atom. The third-order valence-electron chi connectivity index (χ3n) is 5.28. The average molecular weight is 370 g/mol. The second kappa shape index (κ2) is 7.03. The van der Waals surface area contributed by atoms with Crippen LogP contribution < -0.4 is 10.2 Å². The second-order valence-corrected chi connectivity index (χ2v) is 6.78. The van der Waals surface area contributed by atoms with E-state index >= 15 is 0 Å². The number of amidine groups is 1. The largest absolute Gasteiger partial charge is 0.398 e. The summed E-state index contributed by atoms with van der Waals surface area (Å²) in [5.74, 6) is 0.415. The highest BCUT2D eigenvalue weighted by Gasteiger charge is 2.52. The summed E-state index contributed by atoms with van der Waals surface area (Å²) in [6.07, 6.45) is 2.97. The zero-order chi connectivity index (χ0) is 18.9. The number of aldehydes is 1. The molecule has 2 heterocycles. The maximum absolute atomic E-state index is 11.8. The van der Waals surface area contributed by atoms with Gasteiger partial charge in [-0.3, -0.25) is 9.59 Å².